The maximum Gasteiger partial charge on any atom is 0.416 e. The van der Waals surface area contributed by atoms with Gasteiger partial charge >= 0.3 is 6.18 Å². The number of benzene rings is 3. The van der Waals surface area contributed by atoms with Crippen LogP contribution in [0.15, 0.2) is 42.5 Å². The van der Waals surface area contributed by atoms with Gasteiger partial charge in [0.1, 0.15) is 11.6 Å². The largest absolute Gasteiger partial charge is 0.416 e. The van der Waals surface area contributed by atoms with Gasteiger partial charge in [0.05, 0.1) is 28.4 Å². The molecule has 208 valence electrons. The van der Waals surface area contributed by atoms with Crippen LogP contribution >= 0.6 is 11.6 Å². The van der Waals surface area contributed by atoms with Crippen LogP contribution in [0.2, 0.25) is 5.02 Å². The molecule has 2 heterocycles. The Morgan fingerprint density at radius 3 is 2.55 bits per heavy atom. The Morgan fingerprint density at radius 2 is 1.82 bits per heavy atom. The lowest BCUT2D eigenvalue weighted by atomic mass is 9.92. The van der Waals surface area contributed by atoms with E-state index in [0.717, 1.165) is 12.1 Å². The number of carbonyl (C=O) groups excluding carboxylic acids is 3. The molecule has 1 unspecified atom stereocenters. The number of anilines is 2. The quantitative estimate of drug-likeness (QED) is 0.353. The molecule has 3 amide bonds. The Hall–Kier alpha value is -4.19. The smallest absolute Gasteiger partial charge is 0.384 e. The van der Waals surface area contributed by atoms with E-state index >= 15 is 0 Å². The van der Waals surface area contributed by atoms with Crippen LogP contribution in [0, 0.1) is 11.6 Å². The maximum atomic E-state index is 14.2. The molecule has 0 saturated heterocycles. The summed E-state index contributed by atoms with van der Waals surface area (Å²) in [5, 5.41) is 8.31. The molecule has 0 aromatic heterocycles. The van der Waals surface area contributed by atoms with Gasteiger partial charge in [-0.15, -0.1) is 0 Å². The van der Waals surface area contributed by atoms with Crippen molar-refractivity contribution < 1.29 is 36.3 Å². The predicted octanol–water partition coefficient (Wildman–Crippen LogP) is 5.61. The van der Waals surface area contributed by atoms with E-state index in [4.69, 9.17) is 11.6 Å². The first-order valence-corrected chi connectivity index (χ1v) is 12.4. The number of rotatable bonds is 3. The van der Waals surface area contributed by atoms with Crippen molar-refractivity contribution in [3.63, 3.8) is 0 Å². The van der Waals surface area contributed by atoms with Gasteiger partial charge in [-0.3, -0.25) is 14.4 Å². The van der Waals surface area contributed by atoms with Crippen LogP contribution in [0.5, 0.6) is 0 Å². The Kier molecular flexibility index (Phi) is 6.90. The number of hydrogen-bond acceptors (Lipinski definition) is 4. The number of nitrogens with zero attached hydrogens (tertiary/aromatic N) is 1. The number of alkyl halides is 3. The summed E-state index contributed by atoms with van der Waals surface area (Å²) in [6.45, 7) is 0.784. The van der Waals surface area contributed by atoms with Crippen LogP contribution in [0.1, 0.15) is 60.2 Å². The summed E-state index contributed by atoms with van der Waals surface area (Å²) in [5.41, 5.74) is -1.70. The number of amides is 3. The number of hydrogen-bond donors (Lipinski definition) is 3. The lowest BCUT2D eigenvalue weighted by Gasteiger charge is -2.26. The topological polar surface area (TPSA) is 90.5 Å². The van der Waals surface area contributed by atoms with Crippen molar-refractivity contribution in [1.29, 1.82) is 0 Å². The van der Waals surface area contributed by atoms with Gasteiger partial charge in [0.15, 0.2) is 0 Å². The van der Waals surface area contributed by atoms with Crippen LogP contribution in [0.3, 0.4) is 0 Å². The lowest BCUT2D eigenvalue weighted by molar-refractivity contribution is -0.137. The van der Waals surface area contributed by atoms with Crippen molar-refractivity contribution in [2.45, 2.75) is 18.6 Å². The fourth-order valence-electron chi connectivity index (χ4n) is 4.85. The summed E-state index contributed by atoms with van der Waals surface area (Å²) in [7, 11) is 1.56. The number of carbonyl (C=O) groups is 3. The summed E-state index contributed by atoms with van der Waals surface area (Å²) in [6.07, 6.45) is -4.35. The van der Waals surface area contributed by atoms with Crippen LogP contribution < -0.4 is 16.0 Å². The van der Waals surface area contributed by atoms with Crippen LogP contribution in [0.25, 0.3) is 0 Å². The second kappa shape index (κ2) is 10.1. The van der Waals surface area contributed by atoms with Crippen molar-refractivity contribution in [2.24, 2.45) is 0 Å². The van der Waals surface area contributed by atoms with Crippen molar-refractivity contribution in [3.8, 4) is 0 Å². The molecule has 2 aliphatic rings. The minimum atomic E-state index is -4.92. The second-order valence-electron chi connectivity index (χ2n) is 9.40. The highest BCUT2D eigenvalue weighted by Gasteiger charge is 2.39. The average molecular weight is 579 g/mol. The van der Waals surface area contributed by atoms with Gasteiger partial charge in [-0.1, -0.05) is 11.6 Å². The monoisotopic (exact) mass is 578 g/mol. The summed E-state index contributed by atoms with van der Waals surface area (Å²) in [5.74, 6) is -4.21. The van der Waals surface area contributed by atoms with Gasteiger partial charge < -0.3 is 20.9 Å². The molecule has 0 spiro atoms. The first-order valence-electron chi connectivity index (χ1n) is 12.0. The highest BCUT2D eigenvalue weighted by Crippen LogP contribution is 2.44. The molecular formula is C27H20ClF5N4O3. The number of halogens is 6. The van der Waals surface area contributed by atoms with Gasteiger partial charge in [-0.2, -0.15) is 13.2 Å². The predicted molar refractivity (Wildman–Crippen MR) is 137 cm³/mol. The second-order valence-corrected chi connectivity index (χ2v) is 9.80. The molecule has 5 rings (SSSR count). The molecule has 7 nitrogen and oxygen atoms in total. The Balaban J connectivity index is 1.70. The van der Waals surface area contributed by atoms with Crippen molar-refractivity contribution >= 4 is 40.7 Å². The van der Waals surface area contributed by atoms with E-state index in [2.05, 4.69) is 16.0 Å². The molecule has 13 heteroatoms. The first kappa shape index (κ1) is 27.4. The molecule has 3 aromatic rings. The molecule has 0 radical (unpaired) electrons. The van der Waals surface area contributed by atoms with E-state index in [1.165, 1.54) is 17.0 Å². The molecule has 3 N–H and O–H groups in total. The molecule has 1 atom stereocenters. The third-order valence-corrected chi connectivity index (χ3v) is 7.06. The van der Waals surface area contributed by atoms with Crippen molar-refractivity contribution in [1.82, 2.24) is 10.2 Å². The van der Waals surface area contributed by atoms with Crippen molar-refractivity contribution in [3.05, 3.63) is 92.5 Å². The fraction of sp³-hybridized carbons (Fsp3) is 0.222. The fourth-order valence-corrected chi connectivity index (χ4v) is 5.08. The van der Waals surface area contributed by atoms with E-state index in [1.807, 2.05) is 0 Å². The van der Waals surface area contributed by atoms with Gasteiger partial charge in [0.2, 0.25) is 0 Å². The molecule has 2 aliphatic heterocycles. The van der Waals surface area contributed by atoms with Gasteiger partial charge in [0.25, 0.3) is 17.7 Å². The standard InChI is InChI=1S/C27H20ClF5N4O3/c1-37-6-2-5-34-22-17(26(37)40)11-19(35-24(38)12-7-13(27(31,32)33)9-15(30)8-12)20-21(22)25(39)36-23(20)16-10-14(29)3-4-18(16)28/h3-4,7-11,23,34H,2,5-6H2,1H3,(H,35,38)(H,36,39). The maximum absolute atomic E-state index is 14.2. The summed E-state index contributed by atoms with van der Waals surface area (Å²) in [4.78, 5) is 41.2. The summed E-state index contributed by atoms with van der Waals surface area (Å²) >= 11 is 6.33. The van der Waals surface area contributed by atoms with Crippen LogP contribution in [-0.2, 0) is 6.18 Å². The van der Waals surface area contributed by atoms with Gasteiger partial charge in [-0.05, 0) is 48.9 Å². The third kappa shape index (κ3) is 4.94. The highest BCUT2D eigenvalue weighted by atomic mass is 35.5. The van der Waals surface area contributed by atoms with Crippen molar-refractivity contribution in [2.75, 3.05) is 30.8 Å². The Morgan fingerprint density at radius 1 is 1.07 bits per heavy atom. The average Bonchev–Trinajstić information content (AvgIpc) is 3.23. The zero-order valence-corrected chi connectivity index (χ0v) is 21.4. The molecule has 0 saturated carbocycles. The summed E-state index contributed by atoms with van der Waals surface area (Å²) in [6, 6.07) is 5.05. The molecule has 40 heavy (non-hydrogen) atoms. The highest BCUT2D eigenvalue weighted by molar-refractivity contribution is 6.31. The SMILES string of the molecule is CN1CCCNc2c(cc(NC(=O)c3cc(F)cc(C(F)(F)F)c3)c3c2C(=O)NC3c2cc(F)ccc2Cl)C1=O. The normalized spacial score (nSPS) is 16.9. The molecule has 3 aromatic carbocycles. The number of nitrogens with one attached hydrogen (secondary N) is 3. The van der Waals surface area contributed by atoms with E-state index in [0.29, 0.717) is 31.6 Å². The summed E-state index contributed by atoms with van der Waals surface area (Å²) < 4.78 is 68.1. The van der Waals surface area contributed by atoms with Gasteiger partial charge in [0, 0.05) is 47.5 Å². The zero-order valence-electron chi connectivity index (χ0n) is 20.7. The first-order chi connectivity index (χ1) is 18.8. The molecule has 0 bridgehead atoms. The van der Waals surface area contributed by atoms with Crippen LogP contribution in [-0.4, -0.2) is 42.8 Å². The van der Waals surface area contributed by atoms with E-state index in [-0.39, 0.29) is 44.7 Å². The zero-order chi connectivity index (χ0) is 28.9. The van der Waals surface area contributed by atoms with Crippen LogP contribution in [0.4, 0.5) is 33.3 Å². The van der Waals surface area contributed by atoms with Gasteiger partial charge in [-0.25, -0.2) is 8.78 Å². The minimum absolute atomic E-state index is 0.0167. The molecular weight excluding hydrogens is 559 g/mol. The number of fused-ring (bicyclic) bond motifs is 3. The van der Waals surface area contributed by atoms with E-state index in [1.54, 1.807) is 7.05 Å². The molecule has 0 fully saturated rings. The third-order valence-electron chi connectivity index (χ3n) is 6.71. The van der Waals surface area contributed by atoms with E-state index < -0.39 is 52.7 Å². The minimum Gasteiger partial charge on any atom is -0.384 e. The Labute approximate surface area is 229 Å². The Bertz CT molecular complexity index is 1580. The van der Waals surface area contributed by atoms with E-state index in [9.17, 15) is 36.3 Å². The molecule has 0 aliphatic carbocycles. The lowest BCUT2D eigenvalue weighted by Crippen LogP contribution is -2.32.